The second-order valence-corrected chi connectivity index (χ2v) is 4.18. The summed E-state index contributed by atoms with van der Waals surface area (Å²) in [6.07, 6.45) is -0.680. The van der Waals surface area contributed by atoms with Crippen molar-refractivity contribution in [2.24, 2.45) is 16.3 Å². The molecule has 0 aromatic rings. The fraction of sp³-hybridized carbons (Fsp3) is 0.778. The van der Waals surface area contributed by atoms with Gasteiger partial charge in [-0.15, -0.1) is 0 Å². The normalized spacial score (nSPS) is 12.7. The summed E-state index contributed by atoms with van der Waals surface area (Å²) >= 11 is 0. The number of carbonyl (C=O) groups excluding carboxylic acids is 1. The number of nitrogens with one attached hydrogen (secondary N) is 1. The van der Waals surface area contributed by atoms with E-state index >= 15 is 0 Å². The second-order valence-electron chi connectivity index (χ2n) is 4.18. The fourth-order valence-electron chi connectivity index (χ4n) is 0.775. The van der Waals surface area contributed by atoms with Gasteiger partial charge in [0.2, 0.25) is 0 Å². The monoisotopic (exact) mass is 217 g/mol. The summed E-state index contributed by atoms with van der Waals surface area (Å²) in [4.78, 5) is 11.1. The Hall–Kier alpha value is -1.46. The third kappa shape index (κ3) is 5.09. The zero-order chi connectivity index (χ0) is 12.1. The summed E-state index contributed by atoms with van der Waals surface area (Å²) in [6.45, 7) is 7.26. The number of nitrogens with zero attached hydrogens (tertiary/aromatic N) is 1. The molecule has 0 aromatic heterocycles. The van der Waals surface area contributed by atoms with E-state index in [-0.39, 0.29) is 18.5 Å². The molecule has 0 fully saturated rings. The molecule has 0 heterocycles. The molecule has 1 amide bonds. The fourth-order valence-corrected chi connectivity index (χ4v) is 0.775. The van der Waals surface area contributed by atoms with Crippen LogP contribution < -0.4 is 11.1 Å². The highest BCUT2D eigenvalue weighted by Gasteiger charge is 2.24. The van der Waals surface area contributed by atoms with Crippen molar-refractivity contribution in [3.63, 3.8) is 0 Å². The molecule has 0 spiro atoms. The molecule has 0 aliphatic heterocycles. The van der Waals surface area contributed by atoms with E-state index in [4.69, 9.17) is 15.7 Å². The molecular weight excluding hydrogens is 198 g/mol. The smallest absolute Gasteiger partial charge is 0.407 e. The highest BCUT2D eigenvalue weighted by atomic mass is 16.6. The third-order valence-corrected chi connectivity index (χ3v) is 1.82. The van der Waals surface area contributed by atoms with Gasteiger partial charge in [0.25, 0.3) is 0 Å². The molecule has 0 aliphatic rings. The lowest BCUT2D eigenvalue weighted by atomic mass is 9.92. The van der Waals surface area contributed by atoms with Crippen molar-refractivity contribution in [1.82, 2.24) is 5.32 Å². The van der Waals surface area contributed by atoms with Crippen LogP contribution in [0.3, 0.4) is 0 Å². The van der Waals surface area contributed by atoms with Crippen molar-refractivity contribution >= 4 is 11.9 Å². The molecule has 4 N–H and O–H groups in total. The average Bonchev–Trinajstić information content (AvgIpc) is 2.12. The van der Waals surface area contributed by atoms with Gasteiger partial charge in [-0.2, -0.15) is 0 Å². The van der Waals surface area contributed by atoms with Gasteiger partial charge in [0.1, 0.15) is 5.84 Å². The van der Waals surface area contributed by atoms with Gasteiger partial charge in [0.05, 0.1) is 6.10 Å². The molecule has 0 aliphatic carbocycles. The first-order valence-electron chi connectivity index (χ1n) is 4.72. The van der Waals surface area contributed by atoms with Crippen LogP contribution in [0.2, 0.25) is 0 Å². The Morgan fingerprint density at radius 3 is 2.53 bits per heavy atom. The van der Waals surface area contributed by atoms with Crippen LogP contribution in [0.1, 0.15) is 27.7 Å². The molecule has 6 heteroatoms. The van der Waals surface area contributed by atoms with Gasteiger partial charge >= 0.3 is 6.09 Å². The van der Waals surface area contributed by atoms with Gasteiger partial charge in [0, 0.05) is 12.0 Å². The van der Waals surface area contributed by atoms with Crippen molar-refractivity contribution in [2.45, 2.75) is 33.8 Å². The molecule has 0 rings (SSSR count). The van der Waals surface area contributed by atoms with Gasteiger partial charge in [-0.05, 0) is 13.8 Å². The van der Waals surface area contributed by atoms with Gasteiger partial charge in [-0.1, -0.05) is 19.0 Å². The van der Waals surface area contributed by atoms with Crippen LogP contribution in [0.5, 0.6) is 0 Å². The number of rotatable bonds is 4. The van der Waals surface area contributed by atoms with Crippen LogP contribution in [-0.4, -0.2) is 29.8 Å². The van der Waals surface area contributed by atoms with Crippen LogP contribution in [-0.2, 0) is 4.74 Å². The van der Waals surface area contributed by atoms with Crippen molar-refractivity contribution in [1.29, 1.82) is 0 Å². The zero-order valence-electron chi connectivity index (χ0n) is 9.57. The lowest BCUT2D eigenvalue weighted by molar-refractivity contribution is 0.113. The number of nitrogens with two attached hydrogens (primary N) is 1. The Kier molecular flexibility index (Phi) is 4.90. The number of oxime groups is 1. The molecule has 0 unspecified atom stereocenters. The molecular formula is C9H19N3O3. The van der Waals surface area contributed by atoms with Crippen molar-refractivity contribution in [3.05, 3.63) is 0 Å². The van der Waals surface area contributed by atoms with E-state index in [0.717, 1.165) is 0 Å². The Morgan fingerprint density at radius 2 is 2.13 bits per heavy atom. The van der Waals surface area contributed by atoms with E-state index in [2.05, 4.69) is 10.5 Å². The van der Waals surface area contributed by atoms with Gasteiger partial charge in [-0.3, -0.25) is 0 Å². The molecule has 0 bridgehead atoms. The minimum Gasteiger partial charge on any atom is -0.447 e. The lowest BCUT2D eigenvalue weighted by Crippen LogP contribution is -2.43. The van der Waals surface area contributed by atoms with Crippen LogP contribution in [0, 0.1) is 5.41 Å². The number of amidine groups is 1. The second kappa shape index (κ2) is 5.43. The van der Waals surface area contributed by atoms with Crippen LogP contribution in [0.25, 0.3) is 0 Å². The van der Waals surface area contributed by atoms with E-state index in [1.54, 1.807) is 27.7 Å². The first kappa shape index (κ1) is 13.5. The summed E-state index contributed by atoms with van der Waals surface area (Å²) in [6, 6.07) is 0. The molecule has 0 atom stereocenters. The summed E-state index contributed by atoms with van der Waals surface area (Å²) in [5.74, 6) is 0.0624. The molecule has 0 radical (unpaired) electrons. The minimum absolute atomic E-state index is 0.0624. The van der Waals surface area contributed by atoms with E-state index in [0.29, 0.717) is 0 Å². The maximum Gasteiger partial charge on any atom is 0.407 e. The molecule has 0 saturated carbocycles. The Labute approximate surface area is 89.5 Å². The Morgan fingerprint density at radius 1 is 1.60 bits per heavy atom. The molecule has 88 valence electrons. The first-order valence-corrected chi connectivity index (χ1v) is 4.72. The highest BCUT2D eigenvalue weighted by molar-refractivity contribution is 5.86. The maximum atomic E-state index is 11.1. The van der Waals surface area contributed by atoms with Gasteiger partial charge in [0.15, 0.2) is 0 Å². The minimum atomic E-state index is -0.606. The maximum absolute atomic E-state index is 11.1. The molecule has 15 heavy (non-hydrogen) atoms. The van der Waals surface area contributed by atoms with E-state index in [1.807, 2.05) is 0 Å². The topological polar surface area (TPSA) is 96.9 Å². The summed E-state index contributed by atoms with van der Waals surface area (Å²) in [5.41, 5.74) is 4.84. The Balaban J connectivity index is 4.10. The van der Waals surface area contributed by atoms with Crippen LogP contribution in [0.4, 0.5) is 4.79 Å². The molecule has 6 nitrogen and oxygen atoms in total. The number of hydrogen-bond donors (Lipinski definition) is 3. The third-order valence-electron chi connectivity index (χ3n) is 1.82. The van der Waals surface area contributed by atoms with E-state index < -0.39 is 11.5 Å². The van der Waals surface area contributed by atoms with Gasteiger partial charge in [-0.25, -0.2) is 4.79 Å². The largest absolute Gasteiger partial charge is 0.447 e. The first-order chi connectivity index (χ1) is 6.79. The summed E-state index contributed by atoms with van der Waals surface area (Å²) in [7, 11) is 0. The lowest BCUT2D eigenvalue weighted by Gasteiger charge is -2.23. The van der Waals surface area contributed by atoms with E-state index in [9.17, 15) is 4.79 Å². The van der Waals surface area contributed by atoms with Crippen LogP contribution >= 0.6 is 0 Å². The summed E-state index contributed by atoms with van der Waals surface area (Å²) < 4.78 is 4.87. The predicted octanol–water partition coefficient (Wildman–Crippen LogP) is 0.894. The standard InChI is InChI=1S/C9H19N3O3/c1-6(2)15-8(13)11-5-9(3,4)7(10)12-14/h6,14H,5H2,1-4H3,(H2,10,12)(H,11,13). The number of alkyl carbamates (subject to hydrolysis) is 1. The number of carbonyl (C=O) groups is 1. The summed E-state index contributed by atoms with van der Waals surface area (Å²) in [5, 5.41) is 13.9. The van der Waals surface area contributed by atoms with Crippen molar-refractivity contribution in [3.8, 4) is 0 Å². The predicted molar refractivity (Wildman–Crippen MR) is 56.8 cm³/mol. The SMILES string of the molecule is CC(C)OC(=O)NCC(C)(C)C(N)=NO. The highest BCUT2D eigenvalue weighted by Crippen LogP contribution is 2.13. The quantitative estimate of drug-likeness (QED) is 0.282. The molecule has 0 aromatic carbocycles. The number of hydrogen-bond acceptors (Lipinski definition) is 4. The van der Waals surface area contributed by atoms with Crippen LogP contribution in [0.15, 0.2) is 5.16 Å². The Bertz CT molecular complexity index is 249. The zero-order valence-corrected chi connectivity index (χ0v) is 9.57. The number of amides is 1. The van der Waals surface area contributed by atoms with Crippen molar-refractivity contribution < 1.29 is 14.7 Å². The van der Waals surface area contributed by atoms with Gasteiger partial charge < -0.3 is 21.0 Å². The molecule has 0 saturated heterocycles. The average molecular weight is 217 g/mol. The van der Waals surface area contributed by atoms with E-state index in [1.165, 1.54) is 0 Å². The number of ether oxygens (including phenoxy) is 1. The van der Waals surface area contributed by atoms with Crippen molar-refractivity contribution in [2.75, 3.05) is 6.54 Å².